The van der Waals surface area contributed by atoms with Crippen molar-refractivity contribution < 1.29 is 18.6 Å². The smallest absolute Gasteiger partial charge is 0.319 e. The molecule has 0 unspecified atom stereocenters. The van der Waals surface area contributed by atoms with Crippen molar-refractivity contribution in [2.75, 3.05) is 37.7 Å². The fourth-order valence-corrected chi connectivity index (χ4v) is 7.43. The van der Waals surface area contributed by atoms with Gasteiger partial charge in [0.05, 0.1) is 16.5 Å². The Balaban J connectivity index is 1.37. The SMILES string of the molecule is C#Cc1c(C)ccc2cccc(-c3ncc4c(N5CCC[C@@](C)(O)C5)nc(OC[C@@]56CCCN5C[C@H](F)C6)nc4c3F)c12. The lowest BCUT2D eigenvalue weighted by atomic mass is 9.93. The van der Waals surface area contributed by atoms with Crippen LogP contribution in [0.2, 0.25) is 0 Å². The fourth-order valence-electron chi connectivity index (χ4n) is 7.43. The van der Waals surface area contributed by atoms with Crippen molar-refractivity contribution in [3.63, 3.8) is 0 Å². The number of ether oxygens (including phenoxy) is 1. The summed E-state index contributed by atoms with van der Waals surface area (Å²) in [5.41, 5.74) is 1.09. The fraction of sp³-hybridized carbons (Fsp3) is 0.441. The monoisotopic (exact) mass is 583 g/mol. The number of nitrogens with zero attached hydrogens (tertiary/aromatic N) is 5. The van der Waals surface area contributed by atoms with Gasteiger partial charge in [-0.25, -0.2) is 8.78 Å². The molecule has 7 nitrogen and oxygen atoms in total. The molecule has 7 rings (SSSR count). The summed E-state index contributed by atoms with van der Waals surface area (Å²) in [5, 5.41) is 13.0. The first-order valence-corrected chi connectivity index (χ1v) is 15.0. The molecular weight excluding hydrogens is 548 g/mol. The highest BCUT2D eigenvalue weighted by atomic mass is 19.1. The molecule has 4 aromatic rings. The van der Waals surface area contributed by atoms with Crippen LogP contribution in [-0.2, 0) is 0 Å². The molecule has 0 spiro atoms. The highest BCUT2D eigenvalue weighted by Gasteiger charge is 2.49. The lowest BCUT2D eigenvalue weighted by Gasteiger charge is -2.38. The van der Waals surface area contributed by atoms with Gasteiger partial charge >= 0.3 is 6.01 Å². The van der Waals surface area contributed by atoms with E-state index >= 15 is 4.39 Å². The topological polar surface area (TPSA) is 74.6 Å². The van der Waals surface area contributed by atoms with E-state index < -0.39 is 23.1 Å². The Morgan fingerprint density at radius 3 is 2.81 bits per heavy atom. The van der Waals surface area contributed by atoms with Gasteiger partial charge in [0, 0.05) is 48.8 Å². The Morgan fingerprint density at radius 1 is 1.16 bits per heavy atom. The Labute approximate surface area is 249 Å². The van der Waals surface area contributed by atoms with E-state index in [9.17, 15) is 9.50 Å². The average molecular weight is 584 g/mol. The molecule has 0 aliphatic carbocycles. The van der Waals surface area contributed by atoms with Crippen LogP contribution in [0.25, 0.3) is 32.9 Å². The van der Waals surface area contributed by atoms with Crippen LogP contribution in [0.4, 0.5) is 14.6 Å². The number of pyridine rings is 1. The third-order valence-corrected chi connectivity index (χ3v) is 9.50. The van der Waals surface area contributed by atoms with Gasteiger partial charge < -0.3 is 14.7 Å². The maximum Gasteiger partial charge on any atom is 0.319 e. The molecule has 43 heavy (non-hydrogen) atoms. The van der Waals surface area contributed by atoms with Crippen LogP contribution in [-0.4, -0.2) is 75.1 Å². The molecule has 2 aromatic heterocycles. The molecule has 3 aliphatic heterocycles. The summed E-state index contributed by atoms with van der Waals surface area (Å²) in [6.07, 6.45) is 10.3. The number of anilines is 1. The molecule has 0 radical (unpaired) electrons. The lowest BCUT2D eigenvalue weighted by Crippen LogP contribution is -2.46. The second kappa shape index (κ2) is 10.4. The zero-order valence-corrected chi connectivity index (χ0v) is 24.5. The first kappa shape index (κ1) is 27.9. The summed E-state index contributed by atoms with van der Waals surface area (Å²) in [5.74, 6) is 2.65. The van der Waals surface area contributed by atoms with Gasteiger partial charge in [0.1, 0.15) is 29.8 Å². The summed E-state index contributed by atoms with van der Waals surface area (Å²) in [6, 6.07) is 9.60. The molecule has 9 heteroatoms. The Kier molecular flexibility index (Phi) is 6.75. The summed E-state index contributed by atoms with van der Waals surface area (Å²) in [6.45, 7) is 6.17. The van der Waals surface area contributed by atoms with Crippen LogP contribution in [0.5, 0.6) is 6.01 Å². The summed E-state index contributed by atoms with van der Waals surface area (Å²) in [4.78, 5) is 18.1. The van der Waals surface area contributed by atoms with E-state index in [4.69, 9.17) is 16.1 Å². The zero-order valence-electron chi connectivity index (χ0n) is 24.5. The van der Waals surface area contributed by atoms with Gasteiger partial charge in [-0.3, -0.25) is 9.88 Å². The normalized spacial score (nSPS) is 25.8. The number of aliphatic hydroxyl groups is 1. The van der Waals surface area contributed by atoms with Crippen molar-refractivity contribution in [1.29, 1.82) is 0 Å². The Hall–Kier alpha value is -3.87. The number of aryl methyl sites for hydroxylation is 1. The van der Waals surface area contributed by atoms with Crippen molar-refractivity contribution >= 4 is 27.5 Å². The standard InChI is InChI=1S/C34H35F2N5O2/c1-4-24-21(2)10-11-22-8-5-9-25(27(22)24)29-28(36)30-26(17-37-29)31(40-14-6-12-33(3,42)19-40)39-32(38-30)43-20-34-13-7-15-41(34)18-23(35)16-34/h1,5,8-11,17,23,42H,6-7,12-16,18-20H2,2-3H3/t23-,33-,34+/m1/s1. The highest BCUT2D eigenvalue weighted by molar-refractivity contribution is 6.02. The number of alkyl halides is 1. The minimum Gasteiger partial charge on any atom is -0.461 e. The summed E-state index contributed by atoms with van der Waals surface area (Å²) >= 11 is 0. The number of fused-ring (bicyclic) bond motifs is 3. The number of β-amino-alcohol motifs (C(OH)–C–C–N with tert-alkyl or cyclic N) is 1. The molecule has 2 aromatic carbocycles. The number of rotatable bonds is 5. The van der Waals surface area contributed by atoms with Gasteiger partial charge in [-0.2, -0.15) is 9.97 Å². The first-order chi connectivity index (χ1) is 20.7. The van der Waals surface area contributed by atoms with Crippen LogP contribution in [0, 0.1) is 25.1 Å². The van der Waals surface area contributed by atoms with Gasteiger partial charge in [0.2, 0.25) is 0 Å². The van der Waals surface area contributed by atoms with Gasteiger partial charge in [-0.15, -0.1) is 6.42 Å². The molecule has 3 atom stereocenters. The molecule has 0 saturated carbocycles. The van der Waals surface area contributed by atoms with Crippen molar-refractivity contribution in [2.45, 2.75) is 63.3 Å². The molecule has 0 bridgehead atoms. The highest BCUT2D eigenvalue weighted by Crippen LogP contribution is 2.41. The number of hydrogen-bond donors (Lipinski definition) is 1. The lowest BCUT2D eigenvalue weighted by molar-refractivity contribution is 0.0447. The van der Waals surface area contributed by atoms with Crippen LogP contribution < -0.4 is 9.64 Å². The van der Waals surface area contributed by atoms with Crippen LogP contribution >= 0.6 is 0 Å². The summed E-state index contributed by atoms with van der Waals surface area (Å²) in [7, 11) is 0. The van der Waals surface area contributed by atoms with Crippen molar-refractivity contribution in [3.8, 4) is 29.6 Å². The predicted octanol–water partition coefficient (Wildman–Crippen LogP) is 5.58. The maximum absolute atomic E-state index is 16.7. The molecule has 3 aliphatic rings. The van der Waals surface area contributed by atoms with Gasteiger partial charge in [-0.1, -0.05) is 36.3 Å². The first-order valence-electron chi connectivity index (χ1n) is 15.0. The van der Waals surface area contributed by atoms with E-state index in [0.717, 1.165) is 42.1 Å². The van der Waals surface area contributed by atoms with Crippen LogP contribution in [0.15, 0.2) is 36.5 Å². The number of terminal acetylenes is 1. The third kappa shape index (κ3) is 4.77. The minimum atomic E-state index is -0.918. The van der Waals surface area contributed by atoms with Crippen molar-refractivity contribution in [3.05, 3.63) is 53.5 Å². The molecule has 0 amide bonds. The molecule has 3 saturated heterocycles. The molecular formula is C34H35F2N5O2. The zero-order chi connectivity index (χ0) is 29.9. The number of halogens is 2. The maximum atomic E-state index is 16.7. The van der Waals surface area contributed by atoms with E-state index in [1.165, 1.54) is 0 Å². The largest absolute Gasteiger partial charge is 0.461 e. The van der Waals surface area contributed by atoms with Crippen LogP contribution in [0.3, 0.4) is 0 Å². The van der Waals surface area contributed by atoms with E-state index in [1.54, 1.807) is 13.1 Å². The second-order valence-corrected chi connectivity index (χ2v) is 12.7. The third-order valence-electron chi connectivity index (χ3n) is 9.50. The van der Waals surface area contributed by atoms with E-state index in [2.05, 4.69) is 20.8 Å². The minimum absolute atomic E-state index is 0.0328. The molecule has 1 N–H and O–H groups in total. The second-order valence-electron chi connectivity index (χ2n) is 12.7. The Bertz CT molecular complexity index is 1790. The number of benzene rings is 2. The van der Waals surface area contributed by atoms with Gasteiger partial charge in [-0.05, 0) is 57.0 Å². The average Bonchev–Trinajstić information content (AvgIpc) is 3.51. The van der Waals surface area contributed by atoms with E-state index in [-0.39, 0.29) is 23.8 Å². The predicted molar refractivity (Wildman–Crippen MR) is 164 cm³/mol. The number of hydrogen-bond acceptors (Lipinski definition) is 7. The number of aromatic nitrogens is 3. The number of piperidine rings is 1. The molecule has 5 heterocycles. The Morgan fingerprint density at radius 2 is 2.00 bits per heavy atom. The van der Waals surface area contributed by atoms with E-state index in [1.807, 2.05) is 42.2 Å². The molecule has 3 fully saturated rings. The van der Waals surface area contributed by atoms with E-state index in [0.29, 0.717) is 54.8 Å². The molecule has 222 valence electrons. The van der Waals surface area contributed by atoms with Gasteiger partial charge in [0.15, 0.2) is 5.82 Å². The quantitative estimate of drug-likeness (QED) is 0.308. The van der Waals surface area contributed by atoms with Gasteiger partial charge in [0.25, 0.3) is 0 Å². The van der Waals surface area contributed by atoms with Crippen molar-refractivity contribution in [2.24, 2.45) is 0 Å². The van der Waals surface area contributed by atoms with Crippen molar-refractivity contribution in [1.82, 2.24) is 19.9 Å². The van der Waals surface area contributed by atoms with Crippen LogP contribution in [0.1, 0.15) is 50.2 Å². The summed E-state index contributed by atoms with van der Waals surface area (Å²) < 4.78 is 37.4.